The molecule has 0 fully saturated rings. The summed E-state index contributed by atoms with van der Waals surface area (Å²) >= 11 is 5.04. The van der Waals surface area contributed by atoms with Gasteiger partial charge in [-0.05, 0) is 67.0 Å². The number of nitrogens with one attached hydrogen (secondary N) is 3. The Labute approximate surface area is 188 Å². The van der Waals surface area contributed by atoms with Crippen LogP contribution in [-0.4, -0.2) is 30.1 Å². The molecule has 2 aromatic rings. The molecule has 3 N–H and O–H groups in total. The van der Waals surface area contributed by atoms with Gasteiger partial charge in [0.05, 0.1) is 6.61 Å². The van der Waals surface area contributed by atoms with E-state index in [9.17, 15) is 9.59 Å². The lowest BCUT2D eigenvalue weighted by molar-refractivity contribution is -0.123. The molecular formula is C23H29N3O4S. The number of carbonyl (C=O) groups is 2. The minimum atomic E-state index is -0.430. The summed E-state index contributed by atoms with van der Waals surface area (Å²) in [5.41, 5.74) is 6.48. The minimum Gasteiger partial charge on any atom is -0.494 e. The number of unbranched alkanes of at least 4 members (excludes halogenated alkanes) is 2. The zero-order valence-electron chi connectivity index (χ0n) is 17.9. The number of hydrogen-bond donors (Lipinski definition) is 3. The number of ether oxygens (including phenoxy) is 2. The van der Waals surface area contributed by atoms with Gasteiger partial charge in [0, 0.05) is 5.56 Å². The summed E-state index contributed by atoms with van der Waals surface area (Å²) in [5.74, 6) is 0.489. The van der Waals surface area contributed by atoms with Gasteiger partial charge in [-0.1, -0.05) is 38.8 Å². The lowest BCUT2D eigenvalue weighted by atomic mass is 10.2. The van der Waals surface area contributed by atoms with Gasteiger partial charge in [0.1, 0.15) is 11.5 Å². The molecule has 0 aliphatic rings. The van der Waals surface area contributed by atoms with E-state index >= 15 is 0 Å². The molecule has 0 aromatic heterocycles. The number of hydrazine groups is 1. The van der Waals surface area contributed by atoms with E-state index in [4.69, 9.17) is 21.7 Å². The fourth-order valence-corrected chi connectivity index (χ4v) is 2.73. The van der Waals surface area contributed by atoms with E-state index in [0.717, 1.165) is 25.7 Å². The lowest BCUT2D eigenvalue weighted by Gasteiger charge is -2.12. The van der Waals surface area contributed by atoms with Crippen molar-refractivity contribution in [2.45, 2.75) is 39.5 Å². The van der Waals surface area contributed by atoms with Crippen LogP contribution in [0, 0.1) is 0 Å². The van der Waals surface area contributed by atoms with Crippen LogP contribution in [0.25, 0.3) is 0 Å². The first-order valence-electron chi connectivity index (χ1n) is 10.4. The number of amides is 2. The molecule has 2 aromatic carbocycles. The summed E-state index contributed by atoms with van der Waals surface area (Å²) in [4.78, 5) is 24.1. The van der Waals surface area contributed by atoms with E-state index < -0.39 is 11.8 Å². The molecule has 0 atom stereocenters. The Morgan fingerprint density at radius 2 is 1.52 bits per heavy atom. The standard InChI is InChI=1S/C23H29N3O4S/c1-3-5-6-15-29-19-13-9-18(10-14-19)22(28)24-23(31)26-25-21(27)16-30-20-11-7-17(4-2)8-12-20/h7-14H,3-6,15-16H2,1-2H3,(H,25,27)(H2,24,26,28,31). The summed E-state index contributed by atoms with van der Waals surface area (Å²) in [7, 11) is 0. The highest BCUT2D eigenvalue weighted by atomic mass is 32.1. The van der Waals surface area contributed by atoms with Crippen LogP contribution >= 0.6 is 12.2 Å². The number of benzene rings is 2. The topological polar surface area (TPSA) is 88.7 Å². The number of rotatable bonds is 10. The zero-order chi connectivity index (χ0) is 22.5. The normalized spacial score (nSPS) is 10.1. The van der Waals surface area contributed by atoms with Gasteiger partial charge in [0.15, 0.2) is 11.7 Å². The van der Waals surface area contributed by atoms with Crippen molar-refractivity contribution in [2.24, 2.45) is 0 Å². The van der Waals surface area contributed by atoms with E-state index in [2.05, 4.69) is 30.0 Å². The Morgan fingerprint density at radius 1 is 0.871 bits per heavy atom. The highest BCUT2D eigenvalue weighted by Gasteiger charge is 2.09. The van der Waals surface area contributed by atoms with Crippen molar-refractivity contribution in [3.63, 3.8) is 0 Å². The molecule has 7 nitrogen and oxygen atoms in total. The fraction of sp³-hybridized carbons (Fsp3) is 0.348. The second kappa shape index (κ2) is 13.2. The largest absolute Gasteiger partial charge is 0.494 e. The van der Waals surface area contributed by atoms with Crippen LogP contribution in [0.4, 0.5) is 0 Å². The average molecular weight is 444 g/mol. The molecule has 0 radical (unpaired) electrons. The van der Waals surface area contributed by atoms with Gasteiger partial charge in [-0.15, -0.1) is 0 Å². The second-order valence-electron chi connectivity index (χ2n) is 6.82. The first-order valence-corrected chi connectivity index (χ1v) is 10.8. The van der Waals surface area contributed by atoms with Crippen molar-refractivity contribution < 1.29 is 19.1 Å². The van der Waals surface area contributed by atoms with Crippen LogP contribution in [-0.2, 0) is 11.2 Å². The first-order chi connectivity index (χ1) is 15.0. The molecule has 0 heterocycles. The number of hydrogen-bond acceptors (Lipinski definition) is 5. The van der Waals surface area contributed by atoms with Crippen LogP contribution in [0.3, 0.4) is 0 Å². The smallest absolute Gasteiger partial charge is 0.276 e. The first kappa shape index (κ1) is 24.1. The zero-order valence-corrected chi connectivity index (χ0v) is 18.7. The van der Waals surface area contributed by atoms with Crippen molar-refractivity contribution in [3.8, 4) is 11.5 Å². The Bertz CT molecular complexity index is 854. The maximum atomic E-state index is 12.3. The van der Waals surface area contributed by atoms with Crippen LogP contribution in [0.2, 0.25) is 0 Å². The highest BCUT2D eigenvalue weighted by molar-refractivity contribution is 7.80. The lowest BCUT2D eigenvalue weighted by Crippen LogP contribution is -2.49. The summed E-state index contributed by atoms with van der Waals surface area (Å²) < 4.78 is 11.0. The predicted octanol–water partition coefficient (Wildman–Crippen LogP) is 3.53. The van der Waals surface area contributed by atoms with Crippen molar-refractivity contribution in [1.82, 2.24) is 16.2 Å². The van der Waals surface area contributed by atoms with Crippen molar-refractivity contribution in [1.29, 1.82) is 0 Å². The van der Waals surface area contributed by atoms with E-state index in [-0.39, 0.29) is 11.7 Å². The quantitative estimate of drug-likeness (QED) is 0.296. The molecule has 8 heteroatoms. The van der Waals surface area contributed by atoms with Gasteiger partial charge in [-0.25, -0.2) is 0 Å². The summed E-state index contributed by atoms with van der Waals surface area (Å²) in [6, 6.07) is 14.3. The molecular weight excluding hydrogens is 414 g/mol. The van der Waals surface area contributed by atoms with Gasteiger partial charge in [0.2, 0.25) is 0 Å². The Kier molecular flexibility index (Phi) is 10.3. The van der Waals surface area contributed by atoms with E-state index in [1.165, 1.54) is 5.56 Å². The molecule has 0 spiro atoms. The maximum absolute atomic E-state index is 12.3. The predicted molar refractivity (Wildman–Crippen MR) is 124 cm³/mol. The molecule has 2 rings (SSSR count). The van der Waals surface area contributed by atoms with Crippen LogP contribution in [0.15, 0.2) is 48.5 Å². The van der Waals surface area contributed by atoms with E-state index in [1.807, 2.05) is 24.3 Å². The summed E-state index contributed by atoms with van der Waals surface area (Å²) in [6.45, 7) is 4.67. The third-order valence-electron chi connectivity index (χ3n) is 4.38. The van der Waals surface area contributed by atoms with Crippen LogP contribution < -0.4 is 25.6 Å². The van der Waals surface area contributed by atoms with E-state index in [0.29, 0.717) is 23.7 Å². The minimum absolute atomic E-state index is 0.0226. The van der Waals surface area contributed by atoms with Crippen LogP contribution in [0.5, 0.6) is 11.5 Å². The number of thiocarbonyl (C=S) groups is 1. The Hall–Kier alpha value is -3.13. The van der Waals surface area contributed by atoms with Crippen LogP contribution in [0.1, 0.15) is 49.0 Å². The van der Waals surface area contributed by atoms with Crippen molar-refractivity contribution >= 4 is 29.1 Å². The Balaban J connectivity index is 1.68. The Morgan fingerprint density at radius 3 is 2.16 bits per heavy atom. The second-order valence-corrected chi connectivity index (χ2v) is 7.23. The molecule has 2 amide bonds. The number of carbonyl (C=O) groups excluding carboxylic acids is 2. The van der Waals surface area contributed by atoms with E-state index in [1.54, 1.807) is 24.3 Å². The molecule has 0 aliphatic carbocycles. The average Bonchev–Trinajstić information content (AvgIpc) is 2.80. The van der Waals surface area contributed by atoms with Gasteiger partial charge >= 0.3 is 0 Å². The SMILES string of the molecule is CCCCCOc1ccc(C(=O)NC(=S)NNC(=O)COc2ccc(CC)cc2)cc1. The maximum Gasteiger partial charge on any atom is 0.276 e. The third-order valence-corrected chi connectivity index (χ3v) is 4.58. The number of aryl methyl sites for hydroxylation is 1. The van der Waals surface area contributed by atoms with Gasteiger partial charge in [0.25, 0.3) is 11.8 Å². The monoisotopic (exact) mass is 443 g/mol. The van der Waals surface area contributed by atoms with Crippen molar-refractivity contribution in [2.75, 3.05) is 13.2 Å². The highest BCUT2D eigenvalue weighted by Crippen LogP contribution is 2.13. The van der Waals surface area contributed by atoms with Gasteiger partial charge in [-0.2, -0.15) is 0 Å². The molecule has 0 saturated heterocycles. The molecule has 31 heavy (non-hydrogen) atoms. The molecule has 0 aliphatic heterocycles. The molecule has 166 valence electrons. The summed E-state index contributed by atoms with van der Waals surface area (Å²) in [5, 5.41) is 2.48. The van der Waals surface area contributed by atoms with Gasteiger partial charge < -0.3 is 9.47 Å². The third kappa shape index (κ3) is 9.04. The summed E-state index contributed by atoms with van der Waals surface area (Å²) in [6.07, 6.45) is 4.20. The van der Waals surface area contributed by atoms with Gasteiger partial charge in [-0.3, -0.25) is 25.8 Å². The van der Waals surface area contributed by atoms with Crippen molar-refractivity contribution in [3.05, 3.63) is 59.7 Å². The molecule has 0 saturated carbocycles. The molecule has 0 bridgehead atoms. The molecule has 0 unspecified atom stereocenters. The fourth-order valence-electron chi connectivity index (χ4n) is 2.58.